The zero-order valence-electron chi connectivity index (χ0n) is 10.2. The molecule has 2 heterocycles. The van der Waals surface area contributed by atoms with Crippen LogP contribution in [-0.2, 0) is 16.0 Å². The third-order valence-electron chi connectivity index (χ3n) is 3.80. The highest BCUT2D eigenvalue weighted by Gasteiger charge is 2.35. The Labute approximate surface area is 106 Å². The molecule has 3 rings (SSSR count). The van der Waals surface area contributed by atoms with Gasteiger partial charge in [0.25, 0.3) is 0 Å². The Morgan fingerprint density at radius 2 is 2.28 bits per heavy atom. The maximum Gasteiger partial charge on any atom is 0.326 e. The summed E-state index contributed by atoms with van der Waals surface area (Å²) in [6.45, 7) is 1.49. The number of ether oxygens (including phenoxy) is 1. The third-order valence-corrected chi connectivity index (χ3v) is 3.80. The molecule has 0 aromatic heterocycles. The highest BCUT2D eigenvalue weighted by molar-refractivity contribution is 5.82. The molecule has 0 saturated carbocycles. The van der Waals surface area contributed by atoms with Gasteiger partial charge in [-0.25, -0.2) is 4.79 Å². The van der Waals surface area contributed by atoms with Crippen molar-refractivity contribution in [2.75, 3.05) is 18.1 Å². The second kappa shape index (κ2) is 4.61. The molecule has 0 bridgehead atoms. The maximum atomic E-state index is 11.4. The summed E-state index contributed by atoms with van der Waals surface area (Å²) in [5, 5.41) is 9.35. The van der Waals surface area contributed by atoms with Crippen LogP contribution in [0.25, 0.3) is 0 Å². The van der Waals surface area contributed by atoms with Crippen LogP contribution in [0.15, 0.2) is 24.3 Å². The number of carboxylic acids is 1. The van der Waals surface area contributed by atoms with Crippen molar-refractivity contribution in [2.24, 2.45) is 0 Å². The zero-order chi connectivity index (χ0) is 12.5. The molecule has 18 heavy (non-hydrogen) atoms. The Kier molecular flexibility index (Phi) is 2.96. The summed E-state index contributed by atoms with van der Waals surface area (Å²) in [5.41, 5.74) is 2.18. The normalized spacial score (nSPS) is 26.3. The van der Waals surface area contributed by atoms with Crippen molar-refractivity contribution in [2.45, 2.75) is 31.4 Å². The largest absolute Gasteiger partial charge is 0.480 e. The molecule has 1 saturated heterocycles. The highest BCUT2D eigenvalue weighted by Crippen LogP contribution is 2.33. The fraction of sp³-hybridized carbons (Fsp3) is 0.500. The number of nitrogens with zero attached hydrogens (tertiary/aromatic N) is 1. The number of rotatable bonds is 3. The van der Waals surface area contributed by atoms with Crippen LogP contribution in [-0.4, -0.2) is 36.4 Å². The second-order valence-corrected chi connectivity index (χ2v) is 4.97. The molecule has 1 aromatic rings. The molecule has 96 valence electrons. The molecule has 1 N–H and O–H groups in total. The molecule has 0 radical (unpaired) electrons. The van der Waals surface area contributed by atoms with Gasteiger partial charge in [-0.05, 0) is 24.5 Å². The average molecular weight is 247 g/mol. The van der Waals surface area contributed by atoms with Crippen LogP contribution in [0.1, 0.15) is 18.4 Å². The van der Waals surface area contributed by atoms with Crippen molar-refractivity contribution in [3.05, 3.63) is 29.8 Å². The minimum atomic E-state index is -0.746. The van der Waals surface area contributed by atoms with E-state index < -0.39 is 12.0 Å². The minimum absolute atomic E-state index is 0.179. The van der Waals surface area contributed by atoms with Crippen molar-refractivity contribution in [3.8, 4) is 0 Å². The number of anilines is 1. The molecular weight excluding hydrogens is 230 g/mol. The first-order valence-corrected chi connectivity index (χ1v) is 6.44. The monoisotopic (exact) mass is 247 g/mol. The van der Waals surface area contributed by atoms with Crippen molar-refractivity contribution >= 4 is 11.7 Å². The van der Waals surface area contributed by atoms with Gasteiger partial charge in [-0.15, -0.1) is 0 Å². The van der Waals surface area contributed by atoms with E-state index in [1.165, 1.54) is 0 Å². The molecular formula is C14H17NO3. The number of carbonyl (C=O) groups is 1. The third kappa shape index (κ3) is 1.97. The van der Waals surface area contributed by atoms with Crippen LogP contribution in [0.2, 0.25) is 0 Å². The summed E-state index contributed by atoms with van der Waals surface area (Å²) in [6, 6.07) is 7.51. The van der Waals surface area contributed by atoms with Crippen molar-refractivity contribution < 1.29 is 14.6 Å². The van der Waals surface area contributed by atoms with E-state index in [2.05, 4.69) is 0 Å². The average Bonchev–Trinajstić information content (AvgIpc) is 2.98. The second-order valence-electron chi connectivity index (χ2n) is 4.97. The Hall–Kier alpha value is -1.55. The molecule has 0 aliphatic carbocycles. The van der Waals surface area contributed by atoms with E-state index in [1.54, 1.807) is 0 Å². The summed E-state index contributed by atoms with van der Waals surface area (Å²) >= 11 is 0. The fourth-order valence-corrected chi connectivity index (χ4v) is 2.90. The molecule has 1 fully saturated rings. The maximum absolute atomic E-state index is 11.4. The number of benzene rings is 1. The lowest BCUT2D eigenvalue weighted by molar-refractivity contribution is -0.138. The molecule has 2 unspecified atom stereocenters. The molecule has 2 aliphatic rings. The van der Waals surface area contributed by atoms with Crippen LogP contribution in [0.4, 0.5) is 5.69 Å². The first kappa shape index (κ1) is 11.5. The summed E-state index contributed by atoms with van der Waals surface area (Å²) in [7, 11) is 0. The van der Waals surface area contributed by atoms with Gasteiger partial charge in [-0.1, -0.05) is 18.2 Å². The topological polar surface area (TPSA) is 49.8 Å². The van der Waals surface area contributed by atoms with Gasteiger partial charge in [0.15, 0.2) is 0 Å². The number of hydrogen-bond donors (Lipinski definition) is 1. The van der Waals surface area contributed by atoms with Crippen molar-refractivity contribution in [1.82, 2.24) is 0 Å². The molecule has 0 spiro atoms. The number of carboxylic acid groups (broad SMARTS) is 1. The van der Waals surface area contributed by atoms with E-state index in [9.17, 15) is 9.90 Å². The highest BCUT2D eigenvalue weighted by atomic mass is 16.5. The Balaban J connectivity index is 1.85. The molecule has 2 aliphatic heterocycles. The SMILES string of the molecule is O=C(O)C1Cc2ccccc2N1CC1CCCO1. The predicted molar refractivity (Wildman–Crippen MR) is 67.9 cm³/mol. The Bertz CT molecular complexity index is 454. The lowest BCUT2D eigenvalue weighted by Crippen LogP contribution is -2.42. The van der Waals surface area contributed by atoms with E-state index in [4.69, 9.17) is 4.74 Å². The molecule has 1 aromatic carbocycles. The number of hydrogen-bond acceptors (Lipinski definition) is 3. The first-order valence-electron chi connectivity index (χ1n) is 6.44. The lowest BCUT2D eigenvalue weighted by atomic mass is 10.1. The summed E-state index contributed by atoms with van der Waals surface area (Å²) in [5.74, 6) is -0.746. The van der Waals surface area contributed by atoms with Crippen LogP contribution in [0.3, 0.4) is 0 Å². The van der Waals surface area contributed by atoms with Crippen LogP contribution >= 0.6 is 0 Å². The van der Waals surface area contributed by atoms with Gasteiger partial charge in [-0.3, -0.25) is 0 Å². The van der Waals surface area contributed by atoms with E-state index in [1.807, 2.05) is 29.2 Å². The summed E-state index contributed by atoms with van der Waals surface area (Å²) in [6.07, 6.45) is 2.89. The number of fused-ring (bicyclic) bond motifs is 1. The van der Waals surface area contributed by atoms with Crippen LogP contribution in [0, 0.1) is 0 Å². The molecule has 0 amide bonds. The smallest absolute Gasteiger partial charge is 0.326 e. The minimum Gasteiger partial charge on any atom is -0.480 e. The van der Waals surface area contributed by atoms with E-state index in [-0.39, 0.29) is 6.10 Å². The van der Waals surface area contributed by atoms with Crippen LogP contribution < -0.4 is 4.90 Å². The molecule has 2 atom stereocenters. The van der Waals surface area contributed by atoms with E-state index >= 15 is 0 Å². The predicted octanol–water partition coefficient (Wildman–Crippen LogP) is 1.68. The standard InChI is InChI=1S/C14H17NO3/c16-14(17)13-8-10-4-1-2-6-12(10)15(13)9-11-5-3-7-18-11/h1-2,4,6,11,13H,3,5,7-9H2,(H,16,17). The van der Waals surface area contributed by atoms with Gasteiger partial charge in [0.2, 0.25) is 0 Å². The fourth-order valence-electron chi connectivity index (χ4n) is 2.90. The number of para-hydroxylation sites is 1. The van der Waals surface area contributed by atoms with Gasteiger partial charge < -0.3 is 14.7 Å². The van der Waals surface area contributed by atoms with Gasteiger partial charge >= 0.3 is 5.97 Å². The lowest BCUT2D eigenvalue weighted by Gasteiger charge is -2.27. The molecule has 4 nitrogen and oxygen atoms in total. The summed E-state index contributed by atoms with van der Waals surface area (Å²) in [4.78, 5) is 13.4. The van der Waals surface area contributed by atoms with Gasteiger partial charge in [0, 0.05) is 25.3 Å². The Morgan fingerprint density at radius 1 is 1.44 bits per heavy atom. The van der Waals surface area contributed by atoms with Gasteiger partial charge in [-0.2, -0.15) is 0 Å². The quantitative estimate of drug-likeness (QED) is 0.883. The zero-order valence-corrected chi connectivity index (χ0v) is 10.2. The summed E-state index contributed by atoms with van der Waals surface area (Å²) < 4.78 is 5.62. The molecule has 4 heteroatoms. The Morgan fingerprint density at radius 3 is 3.00 bits per heavy atom. The van der Waals surface area contributed by atoms with Crippen LogP contribution in [0.5, 0.6) is 0 Å². The van der Waals surface area contributed by atoms with E-state index in [0.29, 0.717) is 13.0 Å². The van der Waals surface area contributed by atoms with Crippen molar-refractivity contribution in [3.63, 3.8) is 0 Å². The first-order chi connectivity index (χ1) is 8.75. The number of aliphatic carboxylic acids is 1. The van der Waals surface area contributed by atoms with Gasteiger partial charge in [0.1, 0.15) is 6.04 Å². The van der Waals surface area contributed by atoms with Gasteiger partial charge in [0.05, 0.1) is 6.10 Å². The van der Waals surface area contributed by atoms with E-state index in [0.717, 1.165) is 30.7 Å². The van der Waals surface area contributed by atoms with Crippen molar-refractivity contribution in [1.29, 1.82) is 0 Å².